The number of nitrogens with zero attached hydrogens (tertiary/aromatic N) is 1. The quantitative estimate of drug-likeness (QED) is 0.874. The average Bonchev–Trinajstić information content (AvgIpc) is 2.28. The lowest BCUT2D eigenvalue weighted by Gasteiger charge is -2.31. The molecule has 1 heterocycles. The smallest absolute Gasteiger partial charge is 0.213 e. The fourth-order valence-electron chi connectivity index (χ4n) is 2.78. The molecule has 1 aliphatic carbocycles. The third-order valence-electron chi connectivity index (χ3n) is 3.46. The highest BCUT2D eigenvalue weighted by atomic mass is 16.5. The topological polar surface area (TPSA) is 48.1 Å². The van der Waals surface area contributed by atoms with Crippen molar-refractivity contribution in [2.45, 2.75) is 45.8 Å². The maximum Gasteiger partial charge on any atom is 0.213 e. The molecule has 17 heavy (non-hydrogen) atoms. The van der Waals surface area contributed by atoms with Crippen LogP contribution in [0.2, 0.25) is 0 Å². The van der Waals surface area contributed by atoms with E-state index in [9.17, 15) is 0 Å². The molecule has 2 atom stereocenters. The van der Waals surface area contributed by atoms with E-state index in [4.69, 9.17) is 10.5 Å². The first-order valence-corrected chi connectivity index (χ1v) is 6.49. The molecule has 0 saturated heterocycles. The minimum absolute atomic E-state index is 0.314. The van der Waals surface area contributed by atoms with Crippen LogP contribution in [0.15, 0.2) is 18.3 Å². The molecular formula is C14H22N2O. The van der Waals surface area contributed by atoms with Gasteiger partial charge < -0.3 is 10.5 Å². The van der Waals surface area contributed by atoms with Gasteiger partial charge in [0, 0.05) is 18.8 Å². The molecule has 0 radical (unpaired) electrons. The summed E-state index contributed by atoms with van der Waals surface area (Å²) < 4.78 is 5.97. The molecule has 0 bridgehead atoms. The number of pyridine rings is 1. The predicted octanol–water partition coefficient (Wildman–Crippen LogP) is 2.74. The van der Waals surface area contributed by atoms with Crippen LogP contribution in [0, 0.1) is 11.8 Å². The van der Waals surface area contributed by atoms with Gasteiger partial charge >= 0.3 is 0 Å². The lowest BCUT2D eigenvalue weighted by molar-refractivity contribution is 0.0966. The van der Waals surface area contributed by atoms with Crippen molar-refractivity contribution in [3.8, 4) is 5.88 Å². The van der Waals surface area contributed by atoms with E-state index in [1.807, 2.05) is 12.1 Å². The van der Waals surface area contributed by atoms with E-state index in [0.717, 1.165) is 36.1 Å². The van der Waals surface area contributed by atoms with Crippen LogP contribution in [0.1, 0.15) is 38.7 Å². The molecule has 2 N–H and O–H groups in total. The van der Waals surface area contributed by atoms with Gasteiger partial charge in [0.15, 0.2) is 0 Å². The van der Waals surface area contributed by atoms with Crippen LogP contribution < -0.4 is 10.5 Å². The third-order valence-corrected chi connectivity index (χ3v) is 3.46. The van der Waals surface area contributed by atoms with Crippen molar-refractivity contribution in [1.82, 2.24) is 4.98 Å². The summed E-state index contributed by atoms with van der Waals surface area (Å²) in [7, 11) is 0. The fraction of sp³-hybridized carbons (Fsp3) is 0.643. The zero-order chi connectivity index (χ0) is 12.3. The summed E-state index contributed by atoms with van der Waals surface area (Å²) >= 11 is 0. The highest BCUT2D eigenvalue weighted by molar-refractivity contribution is 5.20. The molecule has 1 fully saturated rings. The van der Waals surface area contributed by atoms with Crippen LogP contribution in [0.5, 0.6) is 5.88 Å². The lowest BCUT2D eigenvalue weighted by atomic mass is 9.82. The van der Waals surface area contributed by atoms with E-state index in [0.29, 0.717) is 12.6 Å². The largest absolute Gasteiger partial charge is 0.474 e. The van der Waals surface area contributed by atoms with Crippen LogP contribution in [0.25, 0.3) is 0 Å². The Bertz CT molecular complexity index is 357. The minimum Gasteiger partial charge on any atom is -0.474 e. The number of rotatable bonds is 3. The molecule has 2 rings (SSSR count). The molecule has 0 aromatic carbocycles. The number of ether oxygens (including phenoxy) is 1. The number of hydrogen-bond acceptors (Lipinski definition) is 3. The summed E-state index contributed by atoms with van der Waals surface area (Å²) in [5.41, 5.74) is 6.69. The van der Waals surface area contributed by atoms with Crippen LogP contribution in [0.4, 0.5) is 0 Å². The van der Waals surface area contributed by atoms with Gasteiger partial charge in [0.1, 0.15) is 6.10 Å². The highest BCUT2D eigenvalue weighted by Gasteiger charge is 2.25. The Kier molecular flexibility index (Phi) is 4.00. The SMILES string of the molecule is CC1CC(C)CC(Oc2cc(CN)ccn2)C1. The maximum atomic E-state index is 5.97. The zero-order valence-corrected chi connectivity index (χ0v) is 10.7. The molecule has 0 spiro atoms. The van der Waals surface area contributed by atoms with E-state index < -0.39 is 0 Å². The van der Waals surface area contributed by atoms with Gasteiger partial charge in [-0.05, 0) is 42.7 Å². The maximum absolute atomic E-state index is 5.97. The van der Waals surface area contributed by atoms with Crippen molar-refractivity contribution >= 4 is 0 Å². The Morgan fingerprint density at radius 1 is 1.29 bits per heavy atom. The Morgan fingerprint density at radius 2 is 2.00 bits per heavy atom. The highest BCUT2D eigenvalue weighted by Crippen LogP contribution is 2.30. The first kappa shape index (κ1) is 12.4. The fourth-order valence-corrected chi connectivity index (χ4v) is 2.78. The first-order chi connectivity index (χ1) is 8.17. The van der Waals surface area contributed by atoms with E-state index in [-0.39, 0.29) is 0 Å². The van der Waals surface area contributed by atoms with Crippen LogP contribution in [-0.2, 0) is 6.54 Å². The van der Waals surface area contributed by atoms with E-state index >= 15 is 0 Å². The second-order valence-electron chi connectivity index (χ2n) is 5.36. The number of aromatic nitrogens is 1. The molecule has 94 valence electrons. The van der Waals surface area contributed by atoms with E-state index in [1.54, 1.807) is 6.20 Å². The summed E-state index contributed by atoms with van der Waals surface area (Å²) in [4.78, 5) is 4.25. The van der Waals surface area contributed by atoms with Crippen molar-refractivity contribution in [1.29, 1.82) is 0 Å². The van der Waals surface area contributed by atoms with Crippen molar-refractivity contribution in [2.75, 3.05) is 0 Å². The van der Waals surface area contributed by atoms with Crippen LogP contribution in [0.3, 0.4) is 0 Å². The second-order valence-corrected chi connectivity index (χ2v) is 5.36. The van der Waals surface area contributed by atoms with Crippen molar-refractivity contribution in [3.05, 3.63) is 23.9 Å². The van der Waals surface area contributed by atoms with Gasteiger partial charge in [-0.2, -0.15) is 0 Å². The van der Waals surface area contributed by atoms with Gasteiger partial charge in [-0.1, -0.05) is 13.8 Å². The van der Waals surface area contributed by atoms with Gasteiger partial charge in [-0.3, -0.25) is 0 Å². The molecule has 1 aromatic rings. The average molecular weight is 234 g/mol. The van der Waals surface area contributed by atoms with Gasteiger partial charge in [0.25, 0.3) is 0 Å². The molecular weight excluding hydrogens is 212 g/mol. The molecule has 3 nitrogen and oxygen atoms in total. The first-order valence-electron chi connectivity index (χ1n) is 6.49. The Hall–Kier alpha value is -1.09. The van der Waals surface area contributed by atoms with Crippen LogP contribution >= 0.6 is 0 Å². The van der Waals surface area contributed by atoms with E-state index in [2.05, 4.69) is 18.8 Å². The molecule has 1 aliphatic rings. The Balaban J connectivity index is 1.99. The molecule has 1 aromatic heterocycles. The molecule has 3 heteroatoms. The van der Waals surface area contributed by atoms with Crippen molar-refractivity contribution < 1.29 is 4.74 Å². The number of hydrogen-bond donors (Lipinski definition) is 1. The molecule has 2 unspecified atom stereocenters. The van der Waals surface area contributed by atoms with Crippen LogP contribution in [-0.4, -0.2) is 11.1 Å². The standard InChI is InChI=1S/C14H22N2O/c1-10-5-11(2)7-13(6-10)17-14-8-12(9-15)3-4-16-14/h3-4,8,10-11,13H,5-7,9,15H2,1-2H3. The summed E-state index contributed by atoms with van der Waals surface area (Å²) in [5, 5.41) is 0. The molecule has 1 saturated carbocycles. The van der Waals surface area contributed by atoms with Gasteiger partial charge in [0.05, 0.1) is 0 Å². The third kappa shape index (κ3) is 3.43. The minimum atomic E-state index is 0.314. The summed E-state index contributed by atoms with van der Waals surface area (Å²) in [6.45, 7) is 5.14. The summed E-state index contributed by atoms with van der Waals surface area (Å²) in [6.07, 6.45) is 5.68. The number of nitrogens with two attached hydrogens (primary N) is 1. The Labute approximate surface area is 103 Å². The van der Waals surface area contributed by atoms with Crippen molar-refractivity contribution in [3.63, 3.8) is 0 Å². The Morgan fingerprint density at radius 3 is 2.65 bits per heavy atom. The second kappa shape index (κ2) is 5.50. The molecule has 0 aliphatic heterocycles. The normalized spacial score (nSPS) is 29.0. The van der Waals surface area contributed by atoms with Crippen molar-refractivity contribution in [2.24, 2.45) is 17.6 Å². The van der Waals surface area contributed by atoms with Gasteiger partial charge in [0.2, 0.25) is 5.88 Å². The summed E-state index contributed by atoms with van der Waals surface area (Å²) in [6, 6.07) is 3.88. The predicted molar refractivity (Wildman–Crippen MR) is 68.7 cm³/mol. The lowest BCUT2D eigenvalue weighted by Crippen LogP contribution is -2.28. The monoisotopic (exact) mass is 234 g/mol. The van der Waals surface area contributed by atoms with Gasteiger partial charge in [-0.15, -0.1) is 0 Å². The zero-order valence-electron chi connectivity index (χ0n) is 10.7. The van der Waals surface area contributed by atoms with Gasteiger partial charge in [-0.25, -0.2) is 4.98 Å². The van der Waals surface area contributed by atoms with E-state index in [1.165, 1.54) is 6.42 Å². The summed E-state index contributed by atoms with van der Waals surface area (Å²) in [5.74, 6) is 2.22. The molecule has 0 amide bonds.